The molecule has 4 heteroatoms. The maximum Gasteiger partial charge on any atom is 0.117 e. The van der Waals surface area contributed by atoms with E-state index in [0.717, 1.165) is 21.4 Å². The van der Waals surface area contributed by atoms with E-state index in [1.54, 1.807) is 18.3 Å². The summed E-state index contributed by atoms with van der Waals surface area (Å²) in [5.74, 6) is 0. The maximum absolute atomic E-state index is 11.1. The minimum absolute atomic E-state index is 0.296. The zero-order valence-electron chi connectivity index (χ0n) is 11.4. The number of aliphatic hydroxyl groups is 1. The van der Waals surface area contributed by atoms with E-state index in [2.05, 4.69) is 6.07 Å². The van der Waals surface area contributed by atoms with Crippen molar-refractivity contribution in [2.24, 2.45) is 5.41 Å². The molecule has 0 spiro atoms. The molecule has 1 aliphatic heterocycles. The zero-order chi connectivity index (χ0) is 14.2. The molecule has 2 heterocycles. The molecule has 1 aromatic heterocycles. The molecule has 2 atom stereocenters. The fourth-order valence-electron chi connectivity index (χ4n) is 2.83. The molecule has 3 nitrogen and oxygen atoms in total. The second-order valence-electron chi connectivity index (χ2n) is 5.57. The van der Waals surface area contributed by atoms with Gasteiger partial charge in [0.05, 0.1) is 12.7 Å². The highest BCUT2D eigenvalue weighted by Gasteiger charge is 2.51. The van der Waals surface area contributed by atoms with Crippen molar-refractivity contribution in [1.29, 1.82) is 5.26 Å². The molecule has 1 fully saturated rings. The summed E-state index contributed by atoms with van der Waals surface area (Å²) >= 11 is 1.56. The van der Waals surface area contributed by atoms with Gasteiger partial charge < -0.3 is 9.84 Å². The van der Waals surface area contributed by atoms with E-state index in [9.17, 15) is 10.4 Å². The second kappa shape index (κ2) is 4.85. The normalized spacial score (nSPS) is 26.1. The first-order valence-electron chi connectivity index (χ1n) is 6.79. The van der Waals surface area contributed by atoms with Crippen molar-refractivity contribution < 1.29 is 9.84 Å². The number of benzene rings is 1. The summed E-state index contributed by atoms with van der Waals surface area (Å²) < 4.78 is 6.61. The molecule has 2 aromatic rings. The van der Waals surface area contributed by atoms with Crippen molar-refractivity contribution in [3.63, 3.8) is 0 Å². The van der Waals surface area contributed by atoms with Gasteiger partial charge >= 0.3 is 0 Å². The van der Waals surface area contributed by atoms with Crippen LogP contribution in [-0.2, 0) is 10.3 Å². The number of thiophene rings is 1. The number of nitrogens with zero attached hydrogens (tertiary/aromatic N) is 1. The van der Waals surface area contributed by atoms with Gasteiger partial charge in [0.2, 0.25) is 0 Å². The molecular weight excluding hydrogens is 270 g/mol. The zero-order valence-corrected chi connectivity index (χ0v) is 12.2. The summed E-state index contributed by atoms with van der Waals surface area (Å²) in [4.78, 5) is 0.839. The highest BCUT2D eigenvalue weighted by atomic mass is 32.1. The molecule has 3 rings (SSSR count). The van der Waals surface area contributed by atoms with Crippen LogP contribution in [0.15, 0.2) is 30.3 Å². The Hall–Kier alpha value is -1.41. The Morgan fingerprint density at radius 3 is 2.90 bits per heavy atom. The average molecular weight is 287 g/mol. The topological polar surface area (TPSA) is 53.2 Å². The quantitative estimate of drug-likeness (QED) is 0.920. The lowest BCUT2D eigenvalue weighted by molar-refractivity contribution is -0.111. The highest BCUT2D eigenvalue weighted by Crippen LogP contribution is 2.48. The Kier molecular flexibility index (Phi) is 3.29. The molecule has 0 saturated carbocycles. The molecule has 1 aromatic carbocycles. The van der Waals surface area contributed by atoms with Gasteiger partial charge in [-0.25, -0.2) is 0 Å². The van der Waals surface area contributed by atoms with Gasteiger partial charge in [-0.15, -0.1) is 11.3 Å². The summed E-state index contributed by atoms with van der Waals surface area (Å²) in [6.07, 6.45) is 1.49. The van der Waals surface area contributed by atoms with Gasteiger partial charge in [-0.05, 0) is 37.3 Å². The Morgan fingerprint density at radius 2 is 2.25 bits per heavy atom. The number of ether oxygens (including phenoxy) is 1. The van der Waals surface area contributed by atoms with Gasteiger partial charge in [0.1, 0.15) is 11.0 Å². The first kappa shape index (κ1) is 13.6. The van der Waals surface area contributed by atoms with Crippen molar-refractivity contribution in [2.75, 3.05) is 13.2 Å². The second-order valence-corrected chi connectivity index (χ2v) is 6.65. The molecule has 0 radical (unpaired) electrons. The lowest BCUT2D eigenvalue weighted by atomic mass is 9.69. The standard InChI is InChI=1S/C16H17NO2S/c1-15(18,16(10-17)7-4-8-19-11-16)14-9-12-5-2-3-6-13(12)20-14/h2-3,5-6,9,18H,4,7-8,11H2,1H3. The minimum atomic E-state index is -1.19. The van der Waals surface area contributed by atoms with Crippen LogP contribution < -0.4 is 0 Å². The summed E-state index contributed by atoms with van der Waals surface area (Å²) in [7, 11) is 0. The van der Waals surface area contributed by atoms with E-state index in [1.807, 2.05) is 30.3 Å². The number of hydrogen-bond donors (Lipinski definition) is 1. The van der Waals surface area contributed by atoms with Gasteiger partial charge in [-0.2, -0.15) is 5.26 Å². The van der Waals surface area contributed by atoms with Crippen molar-refractivity contribution in [1.82, 2.24) is 0 Å². The van der Waals surface area contributed by atoms with Crippen molar-refractivity contribution in [3.05, 3.63) is 35.2 Å². The van der Waals surface area contributed by atoms with Crippen molar-refractivity contribution in [3.8, 4) is 6.07 Å². The molecule has 1 saturated heterocycles. The van der Waals surface area contributed by atoms with Crippen LogP contribution in [0.1, 0.15) is 24.6 Å². The predicted octanol–water partition coefficient (Wildman–Crippen LogP) is 3.43. The van der Waals surface area contributed by atoms with Gasteiger partial charge in [0.15, 0.2) is 0 Å². The molecule has 2 unspecified atom stereocenters. The first-order chi connectivity index (χ1) is 9.59. The lowest BCUT2D eigenvalue weighted by Crippen LogP contribution is -2.47. The van der Waals surface area contributed by atoms with Crippen molar-refractivity contribution >= 4 is 21.4 Å². The summed E-state index contributed by atoms with van der Waals surface area (Å²) in [5.41, 5.74) is -2.04. The number of rotatable bonds is 2. The SMILES string of the molecule is CC(O)(c1cc2ccccc2s1)C1(C#N)CCCOC1. The first-order valence-corrected chi connectivity index (χ1v) is 7.61. The van der Waals surface area contributed by atoms with Crippen LogP contribution in [-0.4, -0.2) is 18.3 Å². The predicted molar refractivity (Wildman–Crippen MR) is 79.5 cm³/mol. The Morgan fingerprint density at radius 1 is 1.45 bits per heavy atom. The van der Waals surface area contributed by atoms with Crippen LogP contribution in [0.4, 0.5) is 0 Å². The minimum Gasteiger partial charge on any atom is -0.383 e. The Balaban J connectivity index is 2.07. The van der Waals surface area contributed by atoms with Gasteiger partial charge in [0, 0.05) is 16.2 Å². The van der Waals surface area contributed by atoms with Gasteiger partial charge in [-0.1, -0.05) is 18.2 Å². The van der Waals surface area contributed by atoms with E-state index >= 15 is 0 Å². The molecule has 1 N–H and O–H groups in total. The van der Waals surface area contributed by atoms with Crippen molar-refractivity contribution in [2.45, 2.75) is 25.4 Å². The van der Waals surface area contributed by atoms with Crippen LogP contribution in [0.2, 0.25) is 0 Å². The fourth-order valence-corrected chi connectivity index (χ4v) is 4.04. The number of hydrogen-bond acceptors (Lipinski definition) is 4. The third-order valence-electron chi connectivity index (χ3n) is 4.29. The summed E-state index contributed by atoms with van der Waals surface area (Å²) in [5, 5.41) is 21.8. The van der Waals surface area contributed by atoms with E-state index in [1.165, 1.54) is 0 Å². The van der Waals surface area contributed by atoms with Gasteiger partial charge in [-0.3, -0.25) is 0 Å². The average Bonchev–Trinajstić information content (AvgIpc) is 2.92. The smallest absolute Gasteiger partial charge is 0.117 e. The molecule has 1 aliphatic rings. The number of nitriles is 1. The van der Waals surface area contributed by atoms with Crippen LogP contribution >= 0.6 is 11.3 Å². The molecular formula is C16H17NO2S. The number of fused-ring (bicyclic) bond motifs is 1. The third-order valence-corrected chi connectivity index (χ3v) is 5.62. The van der Waals surface area contributed by atoms with Crippen LogP contribution in [0, 0.1) is 16.7 Å². The Bertz CT molecular complexity index is 629. The maximum atomic E-state index is 11.1. The van der Waals surface area contributed by atoms with Crippen LogP contribution in [0.25, 0.3) is 10.1 Å². The summed E-state index contributed by atoms with van der Waals surface area (Å²) in [6.45, 7) is 2.71. The monoisotopic (exact) mass is 287 g/mol. The largest absolute Gasteiger partial charge is 0.383 e. The fraction of sp³-hybridized carbons (Fsp3) is 0.438. The lowest BCUT2D eigenvalue weighted by Gasteiger charge is -2.41. The van der Waals surface area contributed by atoms with E-state index in [0.29, 0.717) is 19.6 Å². The van der Waals surface area contributed by atoms with E-state index in [-0.39, 0.29) is 0 Å². The molecule has 20 heavy (non-hydrogen) atoms. The van der Waals surface area contributed by atoms with E-state index < -0.39 is 11.0 Å². The van der Waals surface area contributed by atoms with Gasteiger partial charge in [0.25, 0.3) is 0 Å². The van der Waals surface area contributed by atoms with Crippen LogP contribution in [0.5, 0.6) is 0 Å². The molecule has 0 bridgehead atoms. The molecule has 0 amide bonds. The Labute approximate surface area is 122 Å². The highest BCUT2D eigenvalue weighted by molar-refractivity contribution is 7.19. The third kappa shape index (κ3) is 1.94. The molecule has 104 valence electrons. The summed E-state index contributed by atoms with van der Waals surface area (Å²) in [6, 6.07) is 12.4. The van der Waals surface area contributed by atoms with E-state index in [4.69, 9.17) is 4.74 Å². The molecule has 0 aliphatic carbocycles. The van der Waals surface area contributed by atoms with Crippen LogP contribution in [0.3, 0.4) is 0 Å².